The Hall–Kier alpha value is -2.30. The van der Waals surface area contributed by atoms with Gasteiger partial charge in [0.1, 0.15) is 5.00 Å². The minimum absolute atomic E-state index is 0.154. The minimum atomic E-state index is -0.413. The SMILES string of the molecule is CCOC(=O)c1cc(CC)sc1NC(=O)CSCc1ccc(C#N)cc1. The molecular weight excluding hydrogens is 368 g/mol. The van der Waals surface area contributed by atoms with E-state index in [1.54, 1.807) is 25.1 Å². The molecule has 0 spiro atoms. The van der Waals surface area contributed by atoms with Crippen LogP contribution in [-0.4, -0.2) is 24.2 Å². The van der Waals surface area contributed by atoms with Crippen LogP contribution in [0.15, 0.2) is 30.3 Å². The molecular formula is C19H20N2O3S2. The summed E-state index contributed by atoms with van der Waals surface area (Å²) in [6.07, 6.45) is 0.792. The molecule has 1 N–H and O–H groups in total. The third-order valence-corrected chi connectivity index (χ3v) is 5.66. The lowest BCUT2D eigenvalue weighted by Crippen LogP contribution is -2.16. The number of nitrogens with one attached hydrogen (secondary N) is 1. The van der Waals surface area contributed by atoms with Crippen molar-refractivity contribution in [3.05, 3.63) is 51.9 Å². The summed E-state index contributed by atoms with van der Waals surface area (Å²) in [6.45, 7) is 4.05. The van der Waals surface area contributed by atoms with Crippen LogP contribution in [0, 0.1) is 11.3 Å². The number of anilines is 1. The van der Waals surface area contributed by atoms with Gasteiger partial charge < -0.3 is 10.1 Å². The van der Waals surface area contributed by atoms with E-state index in [4.69, 9.17) is 10.00 Å². The van der Waals surface area contributed by atoms with E-state index in [2.05, 4.69) is 11.4 Å². The monoisotopic (exact) mass is 388 g/mol. The summed E-state index contributed by atoms with van der Waals surface area (Å²) in [5.41, 5.74) is 2.09. The number of hydrogen-bond donors (Lipinski definition) is 1. The summed E-state index contributed by atoms with van der Waals surface area (Å²) in [4.78, 5) is 25.3. The van der Waals surface area contributed by atoms with Crippen LogP contribution >= 0.6 is 23.1 Å². The summed E-state index contributed by atoms with van der Waals surface area (Å²) in [5.74, 6) is 0.388. The third kappa shape index (κ3) is 5.61. The van der Waals surface area contributed by atoms with Gasteiger partial charge in [-0.15, -0.1) is 23.1 Å². The first kappa shape index (κ1) is 20.0. The van der Waals surface area contributed by atoms with Crippen LogP contribution in [0.5, 0.6) is 0 Å². The molecule has 26 heavy (non-hydrogen) atoms. The number of nitrogens with zero attached hydrogens (tertiary/aromatic N) is 1. The van der Waals surface area contributed by atoms with Crippen molar-refractivity contribution in [1.82, 2.24) is 0 Å². The number of amides is 1. The highest BCUT2D eigenvalue weighted by atomic mass is 32.2. The maximum atomic E-state index is 12.2. The van der Waals surface area contributed by atoms with E-state index in [1.807, 2.05) is 19.1 Å². The van der Waals surface area contributed by atoms with Crippen LogP contribution in [0.4, 0.5) is 5.00 Å². The van der Waals surface area contributed by atoms with Crippen molar-refractivity contribution in [1.29, 1.82) is 5.26 Å². The highest BCUT2D eigenvalue weighted by Crippen LogP contribution is 2.29. The number of thiophene rings is 1. The topological polar surface area (TPSA) is 79.2 Å². The fraction of sp³-hybridized carbons (Fsp3) is 0.316. The molecule has 136 valence electrons. The Kier molecular flexibility index (Phi) is 7.70. The summed E-state index contributed by atoms with van der Waals surface area (Å²) in [5, 5.41) is 12.2. The van der Waals surface area contributed by atoms with Crippen molar-refractivity contribution in [3.8, 4) is 6.07 Å². The normalized spacial score (nSPS) is 10.2. The van der Waals surface area contributed by atoms with Gasteiger partial charge in [-0.25, -0.2) is 4.79 Å². The molecule has 0 aliphatic rings. The number of carbonyl (C=O) groups is 2. The number of aryl methyl sites for hydroxylation is 1. The number of nitriles is 1. The van der Waals surface area contributed by atoms with Gasteiger partial charge in [0, 0.05) is 10.6 Å². The molecule has 2 aromatic rings. The van der Waals surface area contributed by atoms with Gasteiger partial charge in [0.05, 0.1) is 29.6 Å². The predicted octanol–water partition coefficient (Wildman–Crippen LogP) is 4.23. The predicted molar refractivity (Wildman–Crippen MR) is 106 cm³/mol. The van der Waals surface area contributed by atoms with E-state index in [0.717, 1.165) is 16.9 Å². The van der Waals surface area contributed by atoms with Crippen LogP contribution in [0.2, 0.25) is 0 Å². The molecule has 7 heteroatoms. The number of esters is 1. The highest BCUT2D eigenvalue weighted by Gasteiger charge is 2.18. The first-order valence-electron chi connectivity index (χ1n) is 8.23. The fourth-order valence-corrected chi connectivity index (χ4v) is 3.96. The van der Waals surface area contributed by atoms with Crippen molar-refractivity contribution in [2.75, 3.05) is 17.7 Å². The Balaban J connectivity index is 1.91. The molecule has 0 atom stereocenters. The quantitative estimate of drug-likeness (QED) is 0.685. The number of thioether (sulfide) groups is 1. The Labute approximate surface area is 161 Å². The van der Waals surface area contributed by atoms with Crippen LogP contribution in [-0.2, 0) is 21.7 Å². The summed E-state index contributed by atoms with van der Waals surface area (Å²) in [7, 11) is 0. The molecule has 0 unspecified atom stereocenters. The fourth-order valence-electron chi connectivity index (χ4n) is 2.17. The summed E-state index contributed by atoms with van der Waals surface area (Å²) >= 11 is 2.88. The van der Waals surface area contributed by atoms with E-state index in [-0.39, 0.29) is 11.7 Å². The van der Waals surface area contributed by atoms with E-state index in [0.29, 0.717) is 28.5 Å². The van der Waals surface area contributed by atoms with Gasteiger partial charge in [0.25, 0.3) is 0 Å². The van der Waals surface area contributed by atoms with Gasteiger partial charge >= 0.3 is 5.97 Å². The average Bonchev–Trinajstić information content (AvgIpc) is 3.05. The Morgan fingerprint density at radius 3 is 2.62 bits per heavy atom. The lowest BCUT2D eigenvalue weighted by Gasteiger charge is -2.06. The molecule has 0 saturated carbocycles. The van der Waals surface area contributed by atoms with Crippen molar-refractivity contribution in [3.63, 3.8) is 0 Å². The van der Waals surface area contributed by atoms with Crippen LogP contribution in [0.25, 0.3) is 0 Å². The smallest absolute Gasteiger partial charge is 0.341 e. The van der Waals surface area contributed by atoms with Gasteiger partial charge in [-0.1, -0.05) is 19.1 Å². The number of benzene rings is 1. The van der Waals surface area contributed by atoms with E-state index >= 15 is 0 Å². The highest BCUT2D eigenvalue weighted by molar-refractivity contribution is 7.99. The lowest BCUT2D eigenvalue weighted by molar-refractivity contribution is -0.113. The minimum Gasteiger partial charge on any atom is -0.462 e. The standard InChI is InChI=1S/C19H20N2O3S2/c1-3-15-9-16(19(23)24-4-2)18(26-15)21-17(22)12-25-11-14-7-5-13(10-20)6-8-14/h5-9H,3-4,11-12H2,1-2H3,(H,21,22). The Morgan fingerprint density at radius 1 is 1.27 bits per heavy atom. The molecule has 0 radical (unpaired) electrons. The second kappa shape index (κ2) is 10.00. The van der Waals surface area contributed by atoms with Crippen molar-refractivity contribution in [2.45, 2.75) is 26.0 Å². The van der Waals surface area contributed by atoms with Crippen LogP contribution in [0.3, 0.4) is 0 Å². The van der Waals surface area contributed by atoms with E-state index < -0.39 is 5.97 Å². The van der Waals surface area contributed by atoms with Gasteiger partial charge in [-0.3, -0.25) is 4.79 Å². The average molecular weight is 389 g/mol. The maximum absolute atomic E-state index is 12.2. The Morgan fingerprint density at radius 2 is 2.00 bits per heavy atom. The Bertz CT molecular complexity index is 807. The molecule has 0 aliphatic carbocycles. The van der Waals surface area contributed by atoms with Crippen LogP contribution in [0.1, 0.15) is 40.2 Å². The molecule has 1 heterocycles. The molecule has 1 aromatic carbocycles. The van der Waals surface area contributed by atoms with Crippen LogP contribution < -0.4 is 5.32 Å². The largest absolute Gasteiger partial charge is 0.462 e. The van der Waals surface area contributed by atoms with Gasteiger partial charge in [0.15, 0.2) is 0 Å². The number of carbonyl (C=O) groups excluding carboxylic acids is 2. The zero-order valence-electron chi connectivity index (χ0n) is 14.7. The first-order chi connectivity index (χ1) is 12.6. The van der Waals surface area contributed by atoms with E-state index in [1.165, 1.54) is 23.1 Å². The molecule has 0 fully saturated rings. The molecule has 0 bridgehead atoms. The zero-order valence-corrected chi connectivity index (χ0v) is 16.3. The second-order valence-electron chi connectivity index (χ2n) is 5.38. The molecule has 2 rings (SSSR count). The van der Waals surface area contributed by atoms with Crippen molar-refractivity contribution < 1.29 is 14.3 Å². The van der Waals surface area contributed by atoms with E-state index in [9.17, 15) is 9.59 Å². The van der Waals surface area contributed by atoms with Crippen molar-refractivity contribution in [2.24, 2.45) is 0 Å². The molecule has 0 aliphatic heterocycles. The second-order valence-corrected chi connectivity index (χ2v) is 7.50. The summed E-state index contributed by atoms with van der Waals surface area (Å²) in [6, 6.07) is 11.2. The maximum Gasteiger partial charge on any atom is 0.341 e. The lowest BCUT2D eigenvalue weighted by atomic mass is 10.2. The first-order valence-corrected chi connectivity index (χ1v) is 10.2. The van der Waals surface area contributed by atoms with Crippen molar-refractivity contribution >= 4 is 40.0 Å². The third-order valence-electron chi connectivity index (χ3n) is 3.46. The molecule has 1 amide bonds. The van der Waals surface area contributed by atoms with Gasteiger partial charge in [0.2, 0.25) is 5.91 Å². The number of ether oxygens (including phenoxy) is 1. The zero-order chi connectivity index (χ0) is 18.9. The number of hydrogen-bond acceptors (Lipinski definition) is 6. The molecule has 1 aromatic heterocycles. The number of rotatable bonds is 8. The molecule has 0 saturated heterocycles. The summed E-state index contributed by atoms with van der Waals surface area (Å²) < 4.78 is 5.05. The molecule has 5 nitrogen and oxygen atoms in total. The van der Waals surface area contributed by atoms with Gasteiger partial charge in [-0.05, 0) is 37.1 Å². The van der Waals surface area contributed by atoms with Gasteiger partial charge in [-0.2, -0.15) is 5.26 Å².